The van der Waals surface area contributed by atoms with E-state index in [1.54, 1.807) is 11.3 Å². The van der Waals surface area contributed by atoms with Gasteiger partial charge in [0.25, 0.3) is 0 Å². The molecule has 1 saturated heterocycles. The molecule has 146 valence electrons. The highest BCUT2D eigenvalue weighted by Crippen LogP contribution is 2.36. The van der Waals surface area contributed by atoms with Crippen LogP contribution in [0.2, 0.25) is 0 Å². The van der Waals surface area contributed by atoms with Crippen molar-refractivity contribution in [2.75, 3.05) is 22.5 Å². The highest BCUT2D eigenvalue weighted by Gasteiger charge is 2.28. The van der Waals surface area contributed by atoms with Gasteiger partial charge in [-0.1, -0.05) is 26.0 Å². The Balaban J connectivity index is 1.59. The smallest absolute Gasteiger partial charge is 0.223 e. The van der Waals surface area contributed by atoms with Crippen LogP contribution >= 0.6 is 11.3 Å². The Morgan fingerprint density at radius 2 is 2.04 bits per heavy atom. The van der Waals surface area contributed by atoms with Crippen LogP contribution in [0.3, 0.4) is 0 Å². The van der Waals surface area contributed by atoms with Gasteiger partial charge in [0.15, 0.2) is 5.13 Å². The maximum atomic E-state index is 13.3. The van der Waals surface area contributed by atoms with Gasteiger partial charge in [-0.2, -0.15) is 9.97 Å². The van der Waals surface area contributed by atoms with Crippen LogP contribution in [0, 0.1) is 5.82 Å². The largest absolute Gasteiger partial charge is 0.368 e. The molecule has 3 N–H and O–H groups in total. The second-order valence-electron chi connectivity index (χ2n) is 7.22. The number of rotatable bonds is 5. The monoisotopic (exact) mass is 398 g/mol. The van der Waals surface area contributed by atoms with Crippen molar-refractivity contribution >= 4 is 34.1 Å². The second-order valence-corrected chi connectivity index (χ2v) is 8.28. The van der Waals surface area contributed by atoms with Crippen molar-refractivity contribution in [2.45, 2.75) is 38.6 Å². The number of aromatic nitrogens is 3. The second kappa shape index (κ2) is 7.71. The minimum atomic E-state index is -0.227. The molecule has 0 radical (unpaired) electrons. The van der Waals surface area contributed by atoms with Crippen LogP contribution in [0.4, 0.5) is 27.1 Å². The Morgan fingerprint density at radius 1 is 1.25 bits per heavy atom. The number of benzene rings is 1. The summed E-state index contributed by atoms with van der Waals surface area (Å²) in [4.78, 5) is 16.6. The van der Waals surface area contributed by atoms with E-state index >= 15 is 0 Å². The van der Waals surface area contributed by atoms with Crippen molar-refractivity contribution in [1.29, 1.82) is 0 Å². The van der Waals surface area contributed by atoms with E-state index in [0.29, 0.717) is 11.7 Å². The van der Waals surface area contributed by atoms with Crippen molar-refractivity contribution in [2.24, 2.45) is 0 Å². The normalized spacial score (nSPS) is 16.7. The first-order chi connectivity index (χ1) is 13.5. The molecule has 0 saturated carbocycles. The lowest BCUT2D eigenvalue weighted by atomic mass is 10.0. The third kappa shape index (κ3) is 3.91. The number of nitrogens with one attached hydrogen (secondary N) is 1. The average Bonchev–Trinajstić information content (AvgIpc) is 3.31. The van der Waals surface area contributed by atoms with Gasteiger partial charge in [0, 0.05) is 23.7 Å². The highest BCUT2D eigenvalue weighted by molar-refractivity contribution is 7.15. The van der Waals surface area contributed by atoms with Gasteiger partial charge in [0.05, 0.1) is 6.04 Å². The van der Waals surface area contributed by atoms with Crippen molar-refractivity contribution in [3.05, 3.63) is 52.8 Å². The average molecular weight is 399 g/mol. The van der Waals surface area contributed by atoms with Crippen LogP contribution in [0.1, 0.15) is 49.1 Å². The maximum Gasteiger partial charge on any atom is 0.223 e. The zero-order chi connectivity index (χ0) is 19.7. The third-order valence-electron chi connectivity index (χ3n) is 4.86. The van der Waals surface area contributed by atoms with E-state index in [1.807, 2.05) is 24.4 Å². The van der Waals surface area contributed by atoms with Gasteiger partial charge in [-0.25, -0.2) is 9.37 Å². The maximum absolute atomic E-state index is 13.3. The van der Waals surface area contributed by atoms with E-state index in [0.717, 1.165) is 35.9 Å². The minimum absolute atomic E-state index is 0.148. The van der Waals surface area contributed by atoms with Gasteiger partial charge in [0.1, 0.15) is 17.5 Å². The summed E-state index contributed by atoms with van der Waals surface area (Å²) in [7, 11) is 0. The quantitative estimate of drug-likeness (QED) is 0.639. The van der Waals surface area contributed by atoms with Crippen molar-refractivity contribution in [1.82, 2.24) is 15.0 Å². The lowest BCUT2D eigenvalue weighted by Crippen LogP contribution is -2.24. The Hall–Kier alpha value is -2.74. The molecular weight excluding hydrogens is 375 g/mol. The number of nitrogens with two attached hydrogens (primary N) is 1. The van der Waals surface area contributed by atoms with Gasteiger partial charge in [-0.15, -0.1) is 11.3 Å². The Bertz CT molecular complexity index is 956. The van der Waals surface area contributed by atoms with Crippen molar-refractivity contribution in [3.63, 3.8) is 0 Å². The fourth-order valence-electron chi connectivity index (χ4n) is 3.46. The minimum Gasteiger partial charge on any atom is -0.368 e. The van der Waals surface area contributed by atoms with Gasteiger partial charge in [-0.05, 0) is 36.5 Å². The fraction of sp³-hybridized carbons (Fsp3) is 0.350. The van der Waals surface area contributed by atoms with E-state index < -0.39 is 0 Å². The lowest BCUT2D eigenvalue weighted by molar-refractivity contribution is 0.624. The highest BCUT2D eigenvalue weighted by atomic mass is 32.1. The van der Waals surface area contributed by atoms with E-state index in [2.05, 4.69) is 39.0 Å². The van der Waals surface area contributed by atoms with E-state index in [1.165, 1.54) is 17.0 Å². The SMILES string of the molecule is CC(C)c1cnc(Nc2cc(N3CCCC3c3ccc(F)cc3)nc(N)n2)s1. The summed E-state index contributed by atoms with van der Waals surface area (Å²) >= 11 is 1.61. The Labute approximate surface area is 167 Å². The van der Waals surface area contributed by atoms with Crippen LogP contribution < -0.4 is 16.0 Å². The number of anilines is 4. The zero-order valence-electron chi connectivity index (χ0n) is 15.9. The topological polar surface area (TPSA) is 80.0 Å². The molecule has 2 aromatic heterocycles. The van der Waals surface area contributed by atoms with E-state index in [9.17, 15) is 4.39 Å². The number of nitrogen functional groups attached to an aromatic ring is 1. The molecule has 0 aliphatic carbocycles. The number of hydrogen-bond acceptors (Lipinski definition) is 7. The summed E-state index contributed by atoms with van der Waals surface area (Å²) in [5.41, 5.74) is 7.06. The lowest BCUT2D eigenvalue weighted by Gasteiger charge is -2.26. The third-order valence-corrected chi connectivity index (χ3v) is 6.07. The molecule has 0 bridgehead atoms. The Morgan fingerprint density at radius 3 is 2.75 bits per heavy atom. The van der Waals surface area contributed by atoms with Gasteiger partial charge in [-0.3, -0.25) is 0 Å². The molecule has 1 aliphatic heterocycles. The van der Waals surface area contributed by atoms with E-state index in [-0.39, 0.29) is 17.8 Å². The van der Waals surface area contributed by atoms with Gasteiger partial charge in [0.2, 0.25) is 5.95 Å². The number of hydrogen-bond donors (Lipinski definition) is 2. The van der Waals surface area contributed by atoms with Crippen LogP contribution in [-0.4, -0.2) is 21.5 Å². The van der Waals surface area contributed by atoms with Gasteiger partial charge < -0.3 is 16.0 Å². The molecule has 28 heavy (non-hydrogen) atoms. The zero-order valence-corrected chi connectivity index (χ0v) is 16.7. The molecule has 6 nitrogen and oxygen atoms in total. The summed E-state index contributed by atoms with van der Waals surface area (Å²) in [6.45, 7) is 5.15. The van der Waals surface area contributed by atoms with E-state index in [4.69, 9.17) is 5.73 Å². The molecule has 0 spiro atoms. The predicted octanol–water partition coefficient (Wildman–Crippen LogP) is 4.86. The predicted molar refractivity (Wildman–Crippen MR) is 112 cm³/mol. The first kappa shape index (κ1) is 18.6. The van der Waals surface area contributed by atoms with Crippen LogP contribution in [0.15, 0.2) is 36.5 Å². The summed E-state index contributed by atoms with van der Waals surface area (Å²) < 4.78 is 13.3. The first-order valence-electron chi connectivity index (χ1n) is 9.39. The number of thiazole rings is 1. The van der Waals surface area contributed by atoms with Crippen LogP contribution in [0.5, 0.6) is 0 Å². The first-order valence-corrected chi connectivity index (χ1v) is 10.2. The number of nitrogens with zero attached hydrogens (tertiary/aromatic N) is 4. The molecule has 3 heterocycles. The molecule has 1 aromatic carbocycles. The summed E-state index contributed by atoms with van der Waals surface area (Å²) in [6.07, 6.45) is 3.91. The Kier molecular flexibility index (Phi) is 5.13. The molecule has 3 aromatic rings. The molecule has 4 rings (SSSR count). The molecule has 1 atom stereocenters. The van der Waals surface area contributed by atoms with Crippen molar-refractivity contribution < 1.29 is 4.39 Å². The summed E-state index contributed by atoms with van der Waals surface area (Å²) in [6, 6.07) is 8.73. The summed E-state index contributed by atoms with van der Waals surface area (Å²) in [5, 5.41) is 4.03. The van der Waals surface area contributed by atoms with Crippen LogP contribution in [0.25, 0.3) is 0 Å². The molecule has 0 amide bonds. The molecule has 1 fully saturated rings. The van der Waals surface area contributed by atoms with Crippen LogP contribution in [-0.2, 0) is 0 Å². The molecule has 8 heteroatoms. The number of halogens is 1. The summed E-state index contributed by atoms with van der Waals surface area (Å²) in [5.74, 6) is 1.81. The van der Waals surface area contributed by atoms with Gasteiger partial charge >= 0.3 is 0 Å². The standard InChI is InChI=1S/C20H23FN6S/c1-12(2)16-11-23-20(28-16)25-17-10-18(26-19(22)24-17)27-9-3-4-15(27)13-5-7-14(21)8-6-13/h5-8,10-12,15H,3-4,9H2,1-2H3,(H3,22,23,24,25,26). The molecular formula is C20H23FN6S. The molecule has 1 aliphatic rings. The molecule has 1 unspecified atom stereocenters. The van der Waals surface area contributed by atoms with Crippen molar-refractivity contribution in [3.8, 4) is 0 Å². The fourth-order valence-corrected chi connectivity index (χ4v) is 4.28.